The second-order valence-electron chi connectivity index (χ2n) is 4.00. The Morgan fingerprint density at radius 2 is 2.18 bits per heavy atom. The van der Waals surface area contributed by atoms with Crippen LogP contribution in [0.5, 0.6) is 5.75 Å². The summed E-state index contributed by atoms with van der Waals surface area (Å²) >= 11 is 0. The molecule has 0 aliphatic carbocycles. The molecule has 0 fully saturated rings. The van der Waals surface area contributed by atoms with Crippen molar-refractivity contribution in [2.24, 2.45) is 7.05 Å². The number of nitrogens with zero attached hydrogens (tertiary/aromatic N) is 3. The molecule has 0 atom stereocenters. The zero-order chi connectivity index (χ0) is 12.4. The molecule has 1 aromatic heterocycles. The van der Waals surface area contributed by atoms with E-state index < -0.39 is 0 Å². The molecule has 0 saturated carbocycles. The standard InChI is InChI=1S/C12H15N3O2/c1-9-4-5-11(17-3)10(6-9)7-15-12(16)14(2)8-13-15/h4-6,8H,7H2,1-3H3. The first-order chi connectivity index (χ1) is 8.11. The monoisotopic (exact) mass is 233 g/mol. The molecule has 0 amide bonds. The zero-order valence-corrected chi connectivity index (χ0v) is 10.2. The first-order valence-electron chi connectivity index (χ1n) is 5.34. The Bertz CT molecular complexity index is 584. The van der Waals surface area contributed by atoms with Crippen molar-refractivity contribution in [3.8, 4) is 5.75 Å². The number of hydrogen-bond acceptors (Lipinski definition) is 3. The van der Waals surface area contributed by atoms with Crippen LogP contribution in [-0.2, 0) is 13.6 Å². The van der Waals surface area contributed by atoms with Crippen molar-refractivity contribution in [3.63, 3.8) is 0 Å². The lowest BCUT2D eigenvalue weighted by molar-refractivity contribution is 0.406. The van der Waals surface area contributed by atoms with E-state index in [2.05, 4.69) is 5.10 Å². The van der Waals surface area contributed by atoms with Gasteiger partial charge in [-0.25, -0.2) is 9.48 Å². The molecule has 0 unspecified atom stereocenters. The van der Waals surface area contributed by atoms with E-state index in [1.54, 1.807) is 14.2 Å². The maximum atomic E-state index is 11.7. The average molecular weight is 233 g/mol. The van der Waals surface area contributed by atoms with E-state index in [0.29, 0.717) is 6.54 Å². The van der Waals surface area contributed by atoms with Crippen LogP contribution in [0.15, 0.2) is 29.3 Å². The number of rotatable bonds is 3. The highest BCUT2D eigenvalue weighted by Gasteiger charge is 2.07. The Kier molecular flexibility index (Phi) is 2.99. The quantitative estimate of drug-likeness (QED) is 0.793. The Labute approximate surface area is 99.3 Å². The van der Waals surface area contributed by atoms with Gasteiger partial charge in [0.05, 0.1) is 13.7 Å². The molecule has 5 heteroatoms. The van der Waals surface area contributed by atoms with Gasteiger partial charge in [-0.05, 0) is 13.0 Å². The third-order valence-corrected chi connectivity index (χ3v) is 2.64. The summed E-state index contributed by atoms with van der Waals surface area (Å²) in [6.07, 6.45) is 1.50. The Morgan fingerprint density at radius 1 is 1.41 bits per heavy atom. The molecule has 0 aliphatic heterocycles. The second kappa shape index (κ2) is 4.45. The molecule has 0 N–H and O–H groups in total. The van der Waals surface area contributed by atoms with Crippen LogP contribution in [0, 0.1) is 6.92 Å². The molecular weight excluding hydrogens is 218 g/mol. The van der Waals surface area contributed by atoms with E-state index in [-0.39, 0.29) is 5.69 Å². The molecule has 17 heavy (non-hydrogen) atoms. The van der Waals surface area contributed by atoms with Crippen molar-refractivity contribution in [1.82, 2.24) is 14.3 Å². The number of aryl methyl sites for hydroxylation is 2. The summed E-state index contributed by atoms with van der Waals surface area (Å²) in [7, 11) is 3.30. The lowest BCUT2D eigenvalue weighted by atomic mass is 10.1. The average Bonchev–Trinajstić information content (AvgIpc) is 2.61. The fourth-order valence-corrected chi connectivity index (χ4v) is 1.72. The normalized spacial score (nSPS) is 10.5. The van der Waals surface area contributed by atoms with Gasteiger partial charge in [-0.3, -0.25) is 4.57 Å². The van der Waals surface area contributed by atoms with Gasteiger partial charge in [0, 0.05) is 12.6 Å². The second-order valence-corrected chi connectivity index (χ2v) is 4.00. The van der Waals surface area contributed by atoms with Gasteiger partial charge in [0.15, 0.2) is 0 Å². The van der Waals surface area contributed by atoms with Crippen molar-refractivity contribution in [1.29, 1.82) is 0 Å². The highest BCUT2D eigenvalue weighted by atomic mass is 16.5. The van der Waals surface area contributed by atoms with E-state index in [9.17, 15) is 4.79 Å². The lowest BCUT2D eigenvalue weighted by Gasteiger charge is -2.08. The minimum absolute atomic E-state index is 0.131. The highest BCUT2D eigenvalue weighted by molar-refractivity contribution is 5.36. The molecular formula is C12H15N3O2. The van der Waals surface area contributed by atoms with Crippen LogP contribution in [0.2, 0.25) is 0 Å². The Hall–Kier alpha value is -2.04. The summed E-state index contributed by atoms with van der Waals surface area (Å²) in [5.74, 6) is 0.771. The van der Waals surface area contributed by atoms with E-state index >= 15 is 0 Å². The number of ether oxygens (including phenoxy) is 1. The summed E-state index contributed by atoms with van der Waals surface area (Å²) in [4.78, 5) is 11.7. The molecule has 0 bridgehead atoms. The summed E-state index contributed by atoms with van der Waals surface area (Å²) < 4.78 is 8.13. The van der Waals surface area contributed by atoms with Crippen LogP contribution in [0.25, 0.3) is 0 Å². The Morgan fingerprint density at radius 3 is 2.76 bits per heavy atom. The van der Waals surface area contributed by atoms with Crippen LogP contribution in [-0.4, -0.2) is 21.5 Å². The predicted molar refractivity (Wildman–Crippen MR) is 64.3 cm³/mol. The van der Waals surface area contributed by atoms with Crippen LogP contribution < -0.4 is 10.4 Å². The SMILES string of the molecule is COc1ccc(C)cc1Cn1ncn(C)c1=O. The maximum absolute atomic E-state index is 11.7. The fourth-order valence-electron chi connectivity index (χ4n) is 1.72. The molecule has 5 nitrogen and oxygen atoms in total. The predicted octanol–water partition coefficient (Wildman–Crippen LogP) is 0.947. The molecule has 0 radical (unpaired) electrons. The molecule has 2 aromatic rings. The maximum Gasteiger partial charge on any atom is 0.345 e. The first-order valence-corrected chi connectivity index (χ1v) is 5.34. The van der Waals surface area contributed by atoms with E-state index in [4.69, 9.17) is 4.74 Å². The third-order valence-electron chi connectivity index (χ3n) is 2.64. The van der Waals surface area contributed by atoms with Gasteiger partial charge >= 0.3 is 5.69 Å². The molecule has 0 saturated heterocycles. The van der Waals surface area contributed by atoms with E-state index in [1.807, 2.05) is 25.1 Å². The first kappa shape index (κ1) is 11.4. The van der Waals surface area contributed by atoms with Crippen LogP contribution in [0.1, 0.15) is 11.1 Å². The van der Waals surface area contributed by atoms with E-state index in [1.165, 1.54) is 15.6 Å². The molecule has 0 spiro atoms. The number of methoxy groups -OCH3 is 1. The van der Waals surface area contributed by atoms with Crippen LogP contribution in [0.4, 0.5) is 0 Å². The van der Waals surface area contributed by atoms with Crippen LogP contribution >= 0.6 is 0 Å². The van der Waals surface area contributed by atoms with Gasteiger partial charge < -0.3 is 4.74 Å². The summed E-state index contributed by atoms with van der Waals surface area (Å²) in [5.41, 5.74) is 1.95. The summed E-state index contributed by atoms with van der Waals surface area (Å²) in [6.45, 7) is 2.43. The molecule has 0 aliphatic rings. The lowest BCUT2D eigenvalue weighted by Crippen LogP contribution is -2.23. The highest BCUT2D eigenvalue weighted by Crippen LogP contribution is 2.19. The summed E-state index contributed by atoms with van der Waals surface area (Å²) in [6, 6.07) is 5.88. The largest absolute Gasteiger partial charge is 0.496 e. The van der Waals surface area contributed by atoms with Gasteiger partial charge in [-0.15, -0.1) is 0 Å². The molecule has 1 aromatic carbocycles. The van der Waals surface area contributed by atoms with Crippen LogP contribution in [0.3, 0.4) is 0 Å². The van der Waals surface area contributed by atoms with Crippen molar-refractivity contribution >= 4 is 0 Å². The van der Waals surface area contributed by atoms with Crippen molar-refractivity contribution in [2.75, 3.05) is 7.11 Å². The smallest absolute Gasteiger partial charge is 0.345 e. The van der Waals surface area contributed by atoms with Crippen molar-refractivity contribution in [3.05, 3.63) is 46.1 Å². The topological polar surface area (TPSA) is 49.0 Å². The van der Waals surface area contributed by atoms with E-state index in [0.717, 1.165) is 16.9 Å². The summed E-state index contributed by atoms with van der Waals surface area (Å²) in [5, 5.41) is 4.03. The third kappa shape index (κ3) is 2.22. The zero-order valence-electron chi connectivity index (χ0n) is 10.2. The number of benzene rings is 1. The van der Waals surface area contributed by atoms with Gasteiger partial charge in [0.2, 0.25) is 0 Å². The number of aromatic nitrogens is 3. The van der Waals surface area contributed by atoms with Gasteiger partial charge in [-0.1, -0.05) is 17.7 Å². The molecule has 1 heterocycles. The van der Waals surface area contributed by atoms with Crippen molar-refractivity contribution < 1.29 is 4.74 Å². The minimum atomic E-state index is -0.131. The fraction of sp³-hybridized carbons (Fsp3) is 0.333. The Balaban J connectivity index is 2.38. The molecule has 2 rings (SSSR count). The molecule has 90 valence electrons. The minimum Gasteiger partial charge on any atom is -0.496 e. The van der Waals surface area contributed by atoms with Gasteiger partial charge in [0.1, 0.15) is 12.1 Å². The van der Waals surface area contributed by atoms with Crippen molar-refractivity contribution in [2.45, 2.75) is 13.5 Å². The van der Waals surface area contributed by atoms with Gasteiger partial charge in [0.25, 0.3) is 0 Å². The number of hydrogen-bond donors (Lipinski definition) is 0. The van der Waals surface area contributed by atoms with Gasteiger partial charge in [-0.2, -0.15) is 5.10 Å².